The summed E-state index contributed by atoms with van der Waals surface area (Å²) in [6.07, 6.45) is -4.14. The summed E-state index contributed by atoms with van der Waals surface area (Å²) < 4.78 is 38.5. The first-order valence-corrected chi connectivity index (χ1v) is 5.57. The maximum absolute atomic E-state index is 12.8. The van der Waals surface area contributed by atoms with Crippen LogP contribution in [-0.2, 0) is 6.18 Å². The topological polar surface area (TPSA) is 17.1 Å². The summed E-state index contributed by atoms with van der Waals surface area (Å²) in [7, 11) is 0. The van der Waals surface area contributed by atoms with Crippen molar-refractivity contribution in [2.45, 2.75) is 19.5 Å². The number of fused-ring (bicyclic) bond motifs is 1. The Hall–Kier alpha value is -1.84. The summed E-state index contributed by atoms with van der Waals surface area (Å²) in [5, 5.41) is 0.434. The molecular weight excluding hydrogens is 241 g/mol. The molecule has 0 bridgehead atoms. The van der Waals surface area contributed by atoms with E-state index in [0.29, 0.717) is 10.9 Å². The second kappa shape index (κ2) is 4.44. The molecule has 0 aliphatic heterocycles. The zero-order valence-electron chi connectivity index (χ0n) is 9.71. The number of halogens is 3. The molecule has 0 unspecified atom stereocenters. The van der Waals surface area contributed by atoms with Crippen molar-refractivity contribution < 1.29 is 18.0 Å². The molecule has 0 amide bonds. The van der Waals surface area contributed by atoms with Gasteiger partial charge in [0.25, 0.3) is 0 Å². The van der Waals surface area contributed by atoms with Crippen LogP contribution in [0, 0.1) is 0 Å². The fourth-order valence-electron chi connectivity index (χ4n) is 1.99. The Morgan fingerprint density at radius 1 is 1.06 bits per heavy atom. The Labute approximate surface area is 102 Å². The van der Waals surface area contributed by atoms with Crippen molar-refractivity contribution in [2.24, 2.45) is 0 Å². The van der Waals surface area contributed by atoms with E-state index >= 15 is 0 Å². The van der Waals surface area contributed by atoms with Gasteiger partial charge in [0.1, 0.15) is 0 Å². The van der Waals surface area contributed by atoms with Gasteiger partial charge in [-0.05, 0) is 16.8 Å². The zero-order valence-corrected chi connectivity index (χ0v) is 9.71. The molecule has 1 nitrogen and oxygen atoms in total. The van der Waals surface area contributed by atoms with Gasteiger partial charge in [0.05, 0.1) is 5.56 Å². The van der Waals surface area contributed by atoms with Crippen LogP contribution in [0.3, 0.4) is 0 Å². The largest absolute Gasteiger partial charge is 0.417 e. The molecule has 0 fully saturated rings. The highest BCUT2D eigenvalue weighted by molar-refractivity contribution is 6.08. The minimum absolute atomic E-state index is 0.0734. The SMILES string of the molecule is CCC(=O)c1cccc2c(C(F)(F)F)cccc12. The highest BCUT2D eigenvalue weighted by Crippen LogP contribution is 2.35. The van der Waals surface area contributed by atoms with Crippen molar-refractivity contribution in [1.29, 1.82) is 0 Å². The second-order valence-electron chi connectivity index (χ2n) is 3.98. The number of carbonyl (C=O) groups is 1. The third-order valence-electron chi connectivity index (χ3n) is 2.85. The smallest absolute Gasteiger partial charge is 0.294 e. The number of benzene rings is 2. The van der Waals surface area contributed by atoms with E-state index in [9.17, 15) is 18.0 Å². The molecule has 2 aromatic rings. The van der Waals surface area contributed by atoms with Crippen molar-refractivity contribution in [3.8, 4) is 0 Å². The molecule has 94 valence electrons. The molecule has 0 heterocycles. The highest BCUT2D eigenvalue weighted by atomic mass is 19.4. The van der Waals surface area contributed by atoms with E-state index in [-0.39, 0.29) is 17.6 Å². The standard InChI is InChI=1S/C14H11F3O/c1-2-13(18)11-7-3-6-10-9(11)5-4-8-12(10)14(15,16)17/h3-8H,2H2,1H3. The summed E-state index contributed by atoms with van der Waals surface area (Å²) in [5.74, 6) is -0.153. The van der Waals surface area contributed by atoms with Gasteiger partial charge in [-0.15, -0.1) is 0 Å². The van der Waals surface area contributed by atoms with Crippen molar-refractivity contribution in [1.82, 2.24) is 0 Å². The fraction of sp³-hybridized carbons (Fsp3) is 0.214. The van der Waals surface area contributed by atoms with Gasteiger partial charge >= 0.3 is 6.18 Å². The predicted molar refractivity (Wildman–Crippen MR) is 63.6 cm³/mol. The molecule has 0 radical (unpaired) electrons. The van der Waals surface area contributed by atoms with Gasteiger partial charge in [0.15, 0.2) is 5.78 Å². The molecule has 18 heavy (non-hydrogen) atoms. The Bertz CT molecular complexity index is 600. The van der Waals surface area contributed by atoms with Crippen molar-refractivity contribution in [3.63, 3.8) is 0 Å². The molecule has 0 aliphatic rings. The van der Waals surface area contributed by atoms with Crippen molar-refractivity contribution >= 4 is 16.6 Å². The number of hydrogen-bond donors (Lipinski definition) is 0. The van der Waals surface area contributed by atoms with E-state index < -0.39 is 11.7 Å². The molecule has 0 N–H and O–H groups in total. The van der Waals surface area contributed by atoms with Crippen LogP contribution in [-0.4, -0.2) is 5.78 Å². The summed E-state index contributed by atoms with van der Waals surface area (Å²) >= 11 is 0. The Morgan fingerprint density at radius 2 is 1.67 bits per heavy atom. The molecule has 0 saturated heterocycles. The van der Waals surface area contributed by atoms with E-state index in [1.165, 1.54) is 18.2 Å². The third-order valence-corrected chi connectivity index (χ3v) is 2.85. The van der Waals surface area contributed by atoms with Gasteiger partial charge in [-0.3, -0.25) is 4.79 Å². The first kappa shape index (κ1) is 12.6. The molecule has 2 aromatic carbocycles. The van der Waals surface area contributed by atoms with E-state index in [2.05, 4.69) is 0 Å². The minimum atomic E-state index is -4.41. The molecule has 4 heteroatoms. The van der Waals surface area contributed by atoms with Crippen LogP contribution in [0.25, 0.3) is 10.8 Å². The summed E-state index contributed by atoms with van der Waals surface area (Å²) in [6.45, 7) is 1.69. The van der Waals surface area contributed by atoms with E-state index in [1.807, 2.05) is 0 Å². The van der Waals surface area contributed by atoms with E-state index in [0.717, 1.165) is 6.07 Å². The first-order chi connectivity index (χ1) is 8.45. The van der Waals surface area contributed by atoms with Crippen LogP contribution < -0.4 is 0 Å². The lowest BCUT2D eigenvalue weighted by Gasteiger charge is -2.12. The Morgan fingerprint density at radius 3 is 2.28 bits per heavy atom. The molecule has 0 aliphatic carbocycles. The lowest BCUT2D eigenvalue weighted by atomic mass is 9.97. The summed E-state index contributed by atoms with van der Waals surface area (Å²) in [4.78, 5) is 11.7. The highest BCUT2D eigenvalue weighted by Gasteiger charge is 2.32. The van der Waals surface area contributed by atoms with Crippen LogP contribution in [0.15, 0.2) is 36.4 Å². The second-order valence-corrected chi connectivity index (χ2v) is 3.98. The summed E-state index contributed by atoms with van der Waals surface area (Å²) in [5.41, 5.74) is -0.355. The van der Waals surface area contributed by atoms with Crippen LogP contribution in [0.5, 0.6) is 0 Å². The van der Waals surface area contributed by atoms with Gasteiger partial charge in [-0.2, -0.15) is 13.2 Å². The predicted octanol–water partition coefficient (Wildman–Crippen LogP) is 4.45. The Balaban J connectivity index is 2.78. The zero-order chi connectivity index (χ0) is 13.3. The lowest BCUT2D eigenvalue weighted by molar-refractivity contribution is -0.136. The number of ketones is 1. The number of carbonyl (C=O) groups excluding carboxylic acids is 1. The van der Waals surface area contributed by atoms with Crippen LogP contribution in [0.2, 0.25) is 0 Å². The average molecular weight is 252 g/mol. The van der Waals surface area contributed by atoms with Gasteiger partial charge < -0.3 is 0 Å². The molecule has 0 spiro atoms. The van der Waals surface area contributed by atoms with Crippen molar-refractivity contribution in [2.75, 3.05) is 0 Å². The number of hydrogen-bond acceptors (Lipinski definition) is 1. The molecule has 2 rings (SSSR count). The van der Waals surface area contributed by atoms with E-state index in [1.54, 1.807) is 19.1 Å². The maximum atomic E-state index is 12.8. The normalized spacial score (nSPS) is 11.8. The number of Topliss-reactive ketones (excluding diaryl/α,β-unsaturated/α-hetero) is 1. The number of alkyl halides is 3. The Kier molecular flexibility index (Phi) is 3.11. The van der Waals surface area contributed by atoms with Gasteiger partial charge in [-0.25, -0.2) is 0 Å². The fourth-order valence-corrected chi connectivity index (χ4v) is 1.99. The maximum Gasteiger partial charge on any atom is 0.417 e. The number of rotatable bonds is 2. The van der Waals surface area contributed by atoms with Gasteiger partial charge in [0.2, 0.25) is 0 Å². The molecule has 0 aromatic heterocycles. The minimum Gasteiger partial charge on any atom is -0.294 e. The lowest BCUT2D eigenvalue weighted by Crippen LogP contribution is -2.06. The molecule has 0 atom stereocenters. The monoisotopic (exact) mass is 252 g/mol. The van der Waals surface area contributed by atoms with Gasteiger partial charge in [-0.1, -0.05) is 37.3 Å². The molecule has 0 saturated carbocycles. The average Bonchev–Trinajstić information content (AvgIpc) is 2.35. The van der Waals surface area contributed by atoms with Crippen LogP contribution in [0.1, 0.15) is 29.3 Å². The third kappa shape index (κ3) is 2.10. The first-order valence-electron chi connectivity index (χ1n) is 5.57. The van der Waals surface area contributed by atoms with E-state index in [4.69, 9.17) is 0 Å². The quantitative estimate of drug-likeness (QED) is 0.721. The summed E-state index contributed by atoms with van der Waals surface area (Å²) in [6, 6.07) is 8.35. The van der Waals surface area contributed by atoms with Gasteiger partial charge in [0, 0.05) is 12.0 Å². The van der Waals surface area contributed by atoms with Crippen LogP contribution in [0.4, 0.5) is 13.2 Å². The molecular formula is C14H11F3O. The van der Waals surface area contributed by atoms with Crippen LogP contribution >= 0.6 is 0 Å². The van der Waals surface area contributed by atoms with Crippen molar-refractivity contribution in [3.05, 3.63) is 47.5 Å².